The number of nitrogens with one attached hydrogen (secondary N) is 1. The Morgan fingerprint density at radius 1 is 1.11 bits per heavy atom. The summed E-state index contributed by atoms with van der Waals surface area (Å²) in [5.74, 6) is -0.746. The zero-order valence-electron chi connectivity index (χ0n) is 16.0. The highest BCUT2D eigenvalue weighted by Gasteiger charge is 2.20. The minimum atomic E-state index is -0.442. The second-order valence-electron chi connectivity index (χ2n) is 6.57. The molecule has 0 unspecified atom stereocenters. The number of nitrogens with zero attached hydrogens (tertiary/aromatic N) is 1. The number of halogens is 1. The summed E-state index contributed by atoms with van der Waals surface area (Å²) in [5, 5.41) is 3.34. The normalized spacial score (nSPS) is 13.9. The zero-order valence-corrected chi connectivity index (χ0v) is 17.5. The van der Waals surface area contributed by atoms with Gasteiger partial charge >= 0.3 is 5.97 Å². The molecule has 7 heteroatoms. The summed E-state index contributed by atoms with van der Waals surface area (Å²) in [7, 11) is 1.34. The van der Waals surface area contributed by atoms with Crippen molar-refractivity contribution in [3.63, 3.8) is 0 Å². The van der Waals surface area contributed by atoms with Crippen LogP contribution >= 0.6 is 23.4 Å². The van der Waals surface area contributed by atoms with Crippen LogP contribution in [0.25, 0.3) is 0 Å². The number of carbonyl (C=O) groups excluding carboxylic acids is 2. The third-order valence-electron chi connectivity index (χ3n) is 4.78. The minimum Gasteiger partial charge on any atom is -0.465 e. The third-order valence-corrected chi connectivity index (χ3v) is 5.84. The molecule has 1 saturated heterocycles. The minimum absolute atomic E-state index is 0.304. The molecule has 0 aromatic heterocycles. The standard InChI is InChI=1S/C21H23ClN2O3S/c1-27-21(26)14-6-9-19(24-10-4-3-5-11-24)18(12-14)23-20(25)16-13-15(28-2)7-8-17(16)22/h6-9,12-13H,3-5,10-11H2,1-2H3,(H,23,25). The Balaban J connectivity index is 1.95. The first-order valence-corrected chi connectivity index (χ1v) is 10.8. The van der Waals surface area contributed by atoms with Gasteiger partial charge in [0.15, 0.2) is 0 Å². The molecule has 0 aliphatic carbocycles. The van der Waals surface area contributed by atoms with Gasteiger partial charge in [-0.15, -0.1) is 11.8 Å². The number of hydrogen-bond acceptors (Lipinski definition) is 5. The summed E-state index contributed by atoms with van der Waals surface area (Å²) < 4.78 is 4.83. The first-order valence-electron chi connectivity index (χ1n) is 9.15. The van der Waals surface area contributed by atoms with Gasteiger partial charge in [-0.1, -0.05) is 11.6 Å². The second kappa shape index (κ2) is 9.34. The molecule has 5 nitrogen and oxygen atoms in total. The molecule has 0 spiro atoms. The van der Waals surface area contributed by atoms with E-state index >= 15 is 0 Å². The lowest BCUT2D eigenvalue weighted by Crippen LogP contribution is -2.30. The van der Waals surface area contributed by atoms with Gasteiger partial charge in [-0.2, -0.15) is 0 Å². The molecule has 0 radical (unpaired) electrons. The van der Waals surface area contributed by atoms with Crippen LogP contribution in [0.2, 0.25) is 5.02 Å². The number of amides is 1. The van der Waals surface area contributed by atoms with Crippen molar-refractivity contribution in [3.8, 4) is 0 Å². The Hall–Kier alpha value is -2.18. The summed E-state index contributed by atoms with van der Waals surface area (Å²) >= 11 is 7.79. The van der Waals surface area contributed by atoms with Gasteiger partial charge in [0, 0.05) is 18.0 Å². The van der Waals surface area contributed by atoms with Crippen LogP contribution in [0, 0.1) is 0 Å². The van der Waals surface area contributed by atoms with Crippen LogP contribution < -0.4 is 10.2 Å². The van der Waals surface area contributed by atoms with Crippen molar-refractivity contribution in [2.75, 3.05) is 36.7 Å². The molecule has 1 amide bonds. The number of benzene rings is 2. The lowest BCUT2D eigenvalue weighted by Gasteiger charge is -2.30. The maximum atomic E-state index is 12.9. The Bertz CT molecular complexity index is 882. The van der Waals surface area contributed by atoms with Gasteiger partial charge in [0.2, 0.25) is 0 Å². The summed E-state index contributed by atoms with van der Waals surface area (Å²) in [5.41, 5.74) is 2.28. The lowest BCUT2D eigenvalue weighted by atomic mass is 10.1. The van der Waals surface area contributed by atoms with Crippen LogP contribution in [-0.4, -0.2) is 38.3 Å². The largest absolute Gasteiger partial charge is 0.465 e. The molecule has 148 valence electrons. The van der Waals surface area contributed by atoms with E-state index < -0.39 is 5.97 Å². The number of hydrogen-bond donors (Lipinski definition) is 1. The highest BCUT2D eigenvalue weighted by molar-refractivity contribution is 7.98. The fourth-order valence-electron chi connectivity index (χ4n) is 3.29. The fourth-order valence-corrected chi connectivity index (χ4v) is 3.93. The fraction of sp³-hybridized carbons (Fsp3) is 0.333. The molecule has 2 aromatic rings. The van der Waals surface area contributed by atoms with Crippen molar-refractivity contribution in [1.82, 2.24) is 0 Å². The Kier molecular flexibility index (Phi) is 6.86. The Labute approximate surface area is 174 Å². The Morgan fingerprint density at radius 3 is 2.54 bits per heavy atom. The smallest absolute Gasteiger partial charge is 0.337 e. The molecule has 28 heavy (non-hydrogen) atoms. The van der Waals surface area contributed by atoms with Gasteiger partial charge in [0.1, 0.15) is 0 Å². The van der Waals surface area contributed by atoms with Crippen molar-refractivity contribution in [1.29, 1.82) is 0 Å². The van der Waals surface area contributed by atoms with Gasteiger partial charge in [0.05, 0.1) is 34.6 Å². The molecule has 1 fully saturated rings. The molecule has 1 N–H and O–H groups in total. The van der Waals surface area contributed by atoms with Gasteiger partial charge < -0.3 is 15.0 Å². The number of anilines is 2. The first-order chi connectivity index (χ1) is 13.5. The van der Waals surface area contributed by atoms with Crippen molar-refractivity contribution in [2.45, 2.75) is 24.2 Å². The molecular formula is C21H23ClN2O3S. The lowest BCUT2D eigenvalue weighted by molar-refractivity contribution is 0.0600. The first kappa shape index (κ1) is 20.6. The van der Waals surface area contributed by atoms with E-state index in [1.54, 1.807) is 36.0 Å². The summed E-state index contributed by atoms with van der Waals surface area (Å²) in [6.07, 6.45) is 5.36. The van der Waals surface area contributed by atoms with Gasteiger partial charge in [-0.3, -0.25) is 4.79 Å². The zero-order chi connectivity index (χ0) is 20.1. The summed E-state index contributed by atoms with van der Waals surface area (Å²) in [6, 6.07) is 10.6. The van der Waals surface area contributed by atoms with E-state index in [9.17, 15) is 9.59 Å². The average molecular weight is 419 g/mol. The number of methoxy groups -OCH3 is 1. The summed E-state index contributed by atoms with van der Waals surface area (Å²) in [6.45, 7) is 1.84. The molecule has 1 aliphatic heterocycles. The predicted octanol–water partition coefficient (Wildman–Crippen LogP) is 5.09. The van der Waals surface area contributed by atoms with Crippen LogP contribution in [-0.2, 0) is 4.74 Å². The molecule has 0 atom stereocenters. The quantitative estimate of drug-likeness (QED) is 0.541. The van der Waals surface area contributed by atoms with E-state index in [-0.39, 0.29) is 5.91 Å². The van der Waals surface area contributed by atoms with Crippen molar-refractivity contribution < 1.29 is 14.3 Å². The van der Waals surface area contributed by atoms with Crippen LogP contribution in [0.15, 0.2) is 41.3 Å². The second-order valence-corrected chi connectivity index (χ2v) is 7.86. The van der Waals surface area contributed by atoms with Crippen molar-refractivity contribution in [2.24, 2.45) is 0 Å². The summed E-state index contributed by atoms with van der Waals surface area (Å²) in [4.78, 5) is 28.1. The van der Waals surface area contributed by atoms with E-state index in [0.717, 1.165) is 36.5 Å². The van der Waals surface area contributed by atoms with Crippen LogP contribution in [0.4, 0.5) is 11.4 Å². The van der Waals surface area contributed by atoms with E-state index in [1.165, 1.54) is 13.5 Å². The van der Waals surface area contributed by atoms with Crippen molar-refractivity contribution >= 4 is 46.6 Å². The molecule has 1 aliphatic rings. The maximum Gasteiger partial charge on any atom is 0.337 e. The monoisotopic (exact) mass is 418 g/mol. The highest BCUT2D eigenvalue weighted by Crippen LogP contribution is 2.31. The molecule has 0 bridgehead atoms. The van der Waals surface area contributed by atoms with E-state index in [2.05, 4.69) is 10.2 Å². The SMILES string of the molecule is COC(=O)c1ccc(N2CCCCC2)c(NC(=O)c2cc(SC)ccc2Cl)c1. The topological polar surface area (TPSA) is 58.6 Å². The molecule has 2 aromatic carbocycles. The van der Waals surface area contributed by atoms with Crippen LogP contribution in [0.1, 0.15) is 40.0 Å². The number of rotatable bonds is 5. The molecule has 1 heterocycles. The van der Waals surface area contributed by atoms with Gasteiger partial charge in [-0.05, 0) is 61.9 Å². The van der Waals surface area contributed by atoms with E-state index in [0.29, 0.717) is 21.8 Å². The number of esters is 1. The average Bonchev–Trinajstić information content (AvgIpc) is 2.74. The number of thioether (sulfide) groups is 1. The third kappa shape index (κ3) is 4.62. The Morgan fingerprint density at radius 2 is 1.86 bits per heavy atom. The number of carbonyl (C=O) groups is 2. The molecule has 3 rings (SSSR count). The molecular weight excluding hydrogens is 396 g/mol. The van der Waals surface area contributed by atoms with E-state index in [1.807, 2.05) is 18.4 Å². The van der Waals surface area contributed by atoms with Gasteiger partial charge in [0.25, 0.3) is 5.91 Å². The van der Waals surface area contributed by atoms with Crippen molar-refractivity contribution in [3.05, 3.63) is 52.5 Å². The molecule has 0 saturated carbocycles. The highest BCUT2D eigenvalue weighted by atomic mass is 35.5. The van der Waals surface area contributed by atoms with Crippen LogP contribution in [0.5, 0.6) is 0 Å². The number of ether oxygens (including phenoxy) is 1. The van der Waals surface area contributed by atoms with Gasteiger partial charge in [-0.25, -0.2) is 4.79 Å². The number of piperidine rings is 1. The van der Waals surface area contributed by atoms with Crippen LogP contribution in [0.3, 0.4) is 0 Å². The van der Waals surface area contributed by atoms with E-state index in [4.69, 9.17) is 16.3 Å². The predicted molar refractivity (Wildman–Crippen MR) is 115 cm³/mol. The maximum absolute atomic E-state index is 12.9.